The van der Waals surface area contributed by atoms with Crippen molar-refractivity contribution in [3.63, 3.8) is 0 Å². The predicted molar refractivity (Wildman–Crippen MR) is 58.0 cm³/mol. The Bertz CT molecular complexity index is 101. The average molecular weight is 188 g/mol. The van der Waals surface area contributed by atoms with E-state index in [2.05, 4.69) is 33.5 Å². The molecule has 1 nitrogen and oxygen atoms in total. The van der Waals surface area contributed by atoms with E-state index in [1.807, 2.05) is 0 Å². The van der Waals surface area contributed by atoms with Gasteiger partial charge in [-0.2, -0.15) is 0 Å². The molecule has 74 valence electrons. The van der Waals surface area contributed by atoms with Crippen LogP contribution in [0.15, 0.2) is 0 Å². The van der Waals surface area contributed by atoms with E-state index in [0.717, 1.165) is 0 Å². The van der Waals surface area contributed by atoms with Gasteiger partial charge in [0.2, 0.25) is 0 Å². The Hall–Kier alpha value is 0.177. The van der Waals surface area contributed by atoms with Crippen molar-refractivity contribution < 1.29 is 4.43 Å². The molecule has 0 aliphatic rings. The maximum Gasteiger partial charge on any atom is 0.184 e. The van der Waals surface area contributed by atoms with E-state index in [-0.39, 0.29) is 0 Å². The standard InChI is InChI=1S/C10H24OSi/c1-6-8-10(9-7-2)11-12(3,4)5/h10H,6-9H2,1-5H3. The minimum atomic E-state index is -1.29. The summed E-state index contributed by atoms with van der Waals surface area (Å²) in [6.45, 7) is 11.3. The van der Waals surface area contributed by atoms with Crippen molar-refractivity contribution in [3.8, 4) is 0 Å². The summed E-state index contributed by atoms with van der Waals surface area (Å²) >= 11 is 0. The molecule has 2 heteroatoms. The zero-order chi connectivity index (χ0) is 9.61. The molecule has 0 amide bonds. The second-order valence-electron chi connectivity index (χ2n) is 4.43. The summed E-state index contributed by atoms with van der Waals surface area (Å²) < 4.78 is 6.06. The molecule has 12 heavy (non-hydrogen) atoms. The van der Waals surface area contributed by atoms with Gasteiger partial charge in [0.25, 0.3) is 0 Å². The highest BCUT2D eigenvalue weighted by molar-refractivity contribution is 6.69. The Kier molecular flexibility index (Phi) is 5.84. The van der Waals surface area contributed by atoms with Crippen LogP contribution in [0.4, 0.5) is 0 Å². The minimum Gasteiger partial charge on any atom is -0.415 e. The highest BCUT2D eigenvalue weighted by Crippen LogP contribution is 2.15. The smallest absolute Gasteiger partial charge is 0.184 e. The Morgan fingerprint density at radius 3 is 1.67 bits per heavy atom. The second kappa shape index (κ2) is 5.76. The van der Waals surface area contributed by atoms with Gasteiger partial charge in [0, 0.05) is 6.10 Å². The van der Waals surface area contributed by atoms with Crippen molar-refractivity contribution in [2.45, 2.75) is 65.3 Å². The highest BCUT2D eigenvalue weighted by atomic mass is 28.4. The monoisotopic (exact) mass is 188 g/mol. The van der Waals surface area contributed by atoms with Crippen LogP contribution in [0, 0.1) is 0 Å². The molecule has 0 bridgehead atoms. The van der Waals surface area contributed by atoms with E-state index in [1.54, 1.807) is 0 Å². The summed E-state index contributed by atoms with van der Waals surface area (Å²) in [5.41, 5.74) is 0. The molecule has 0 rings (SSSR count). The molecule has 0 aromatic carbocycles. The molecule has 0 heterocycles. The van der Waals surface area contributed by atoms with Crippen LogP contribution >= 0.6 is 0 Å². The van der Waals surface area contributed by atoms with Gasteiger partial charge in [0.1, 0.15) is 0 Å². The topological polar surface area (TPSA) is 9.23 Å². The van der Waals surface area contributed by atoms with Gasteiger partial charge >= 0.3 is 0 Å². The van der Waals surface area contributed by atoms with Crippen molar-refractivity contribution in [3.05, 3.63) is 0 Å². The van der Waals surface area contributed by atoms with E-state index in [0.29, 0.717) is 6.10 Å². The third-order valence-electron chi connectivity index (χ3n) is 1.74. The summed E-state index contributed by atoms with van der Waals surface area (Å²) in [4.78, 5) is 0. The molecule has 0 radical (unpaired) electrons. The minimum absolute atomic E-state index is 0.534. The van der Waals surface area contributed by atoms with Crippen molar-refractivity contribution >= 4 is 8.32 Å². The Balaban J connectivity index is 3.77. The lowest BCUT2D eigenvalue weighted by Gasteiger charge is -2.25. The molecule has 0 saturated carbocycles. The fraction of sp³-hybridized carbons (Fsp3) is 1.00. The predicted octanol–water partition coefficient (Wildman–Crippen LogP) is 3.81. The van der Waals surface area contributed by atoms with Gasteiger partial charge in [-0.05, 0) is 32.5 Å². The van der Waals surface area contributed by atoms with E-state index < -0.39 is 8.32 Å². The van der Waals surface area contributed by atoms with Crippen LogP contribution in [0.2, 0.25) is 19.6 Å². The first-order chi connectivity index (χ1) is 5.49. The quantitative estimate of drug-likeness (QED) is 0.576. The number of rotatable bonds is 6. The normalized spacial score (nSPS) is 12.5. The lowest BCUT2D eigenvalue weighted by molar-refractivity contribution is 0.171. The molecule has 0 unspecified atom stereocenters. The van der Waals surface area contributed by atoms with E-state index in [1.165, 1.54) is 25.7 Å². The second-order valence-corrected chi connectivity index (χ2v) is 8.89. The maximum atomic E-state index is 6.06. The van der Waals surface area contributed by atoms with Gasteiger partial charge in [0.15, 0.2) is 8.32 Å². The van der Waals surface area contributed by atoms with Crippen LogP contribution in [0.25, 0.3) is 0 Å². The third kappa shape index (κ3) is 6.86. The summed E-state index contributed by atoms with van der Waals surface area (Å²) in [5.74, 6) is 0. The van der Waals surface area contributed by atoms with Crippen LogP contribution < -0.4 is 0 Å². The fourth-order valence-electron chi connectivity index (χ4n) is 1.41. The van der Waals surface area contributed by atoms with E-state index in [4.69, 9.17) is 4.43 Å². The SMILES string of the molecule is CCCC(CCC)O[Si](C)(C)C. The lowest BCUT2D eigenvalue weighted by Crippen LogP contribution is -2.31. The fourth-order valence-corrected chi connectivity index (χ4v) is 2.64. The molecule has 0 aliphatic carbocycles. The van der Waals surface area contributed by atoms with Crippen molar-refractivity contribution in [1.82, 2.24) is 0 Å². The molecule has 0 spiro atoms. The molecule has 0 aromatic heterocycles. The van der Waals surface area contributed by atoms with Gasteiger partial charge in [-0.1, -0.05) is 26.7 Å². The number of hydrogen-bond acceptors (Lipinski definition) is 1. The van der Waals surface area contributed by atoms with Crippen molar-refractivity contribution in [1.29, 1.82) is 0 Å². The number of hydrogen-bond donors (Lipinski definition) is 0. The van der Waals surface area contributed by atoms with Gasteiger partial charge in [0.05, 0.1) is 0 Å². The first-order valence-electron chi connectivity index (χ1n) is 5.17. The molecule has 0 atom stereocenters. The Morgan fingerprint density at radius 1 is 1.00 bits per heavy atom. The molecule has 0 fully saturated rings. The summed E-state index contributed by atoms with van der Waals surface area (Å²) in [5, 5.41) is 0. The molecule has 0 aromatic rings. The Labute approximate surface area is 78.6 Å². The molecular weight excluding hydrogens is 164 g/mol. The van der Waals surface area contributed by atoms with Crippen LogP contribution in [0.5, 0.6) is 0 Å². The molecule has 0 aliphatic heterocycles. The van der Waals surface area contributed by atoms with Crippen LogP contribution in [0.1, 0.15) is 39.5 Å². The van der Waals surface area contributed by atoms with E-state index >= 15 is 0 Å². The zero-order valence-electron chi connectivity index (χ0n) is 9.31. The average Bonchev–Trinajstić information content (AvgIpc) is 1.84. The van der Waals surface area contributed by atoms with Crippen molar-refractivity contribution in [2.24, 2.45) is 0 Å². The van der Waals surface area contributed by atoms with Crippen molar-refractivity contribution in [2.75, 3.05) is 0 Å². The lowest BCUT2D eigenvalue weighted by atomic mass is 10.1. The van der Waals surface area contributed by atoms with Gasteiger partial charge in [-0.15, -0.1) is 0 Å². The van der Waals surface area contributed by atoms with Gasteiger partial charge in [-0.25, -0.2) is 0 Å². The van der Waals surface area contributed by atoms with Crippen LogP contribution in [0.3, 0.4) is 0 Å². The Morgan fingerprint density at radius 2 is 1.42 bits per heavy atom. The zero-order valence-corrected chi connectivity index (χ0v) is 10.3. The first-order valence-corrected chi connectivity index (χ1v) is 8.58. The molecule has 0 saturated heterocycles. The summed E-state index contributed by atoms with van der Waals surface area (Å²) in [6, 6.07) is 0. The highest BCUT2D eigenvalue weighted by Gasteiger charge is 2.19. The third-order valence-corrected chi connectivity index (χ3v) is 2.78. The molecular formula is C10H24OSi. The largest absolute Gasteiger partial charge is 0.415 e. The summed E-state index contributed by atoms with van der Waals surface area (Å²) in [7, 11) is -1.29. The van der Waals surface area contributed by atoms with Gasteiger partial charge < -0.3 is 4.43 Å². The van der Waals surface area contributed by atoms with E-state index in [9.17, 15) is 0 Å². The maximum absolute atomic E-state index is 6.06. The van der Waals surface area contributed by atoms with Crippen LogP contribution in [-0.4, -0.2) is 14.4 Å². The van der Waals surface area contributed by atoms with Crippen LogP contribution in [-0.2, 0) is 4.43 Å². The van der Waals surface area contributed by atoms with Gasteiger partial charge in [-0.3, -0.25) is 0 Å². The summed E-state index contributed by atoms with van der Waals surface area (Å²) in [6.07, 6.45) is 5.49. The first kappa shape index (κ1) is 12.2. The molecule has 0 N–H and O–H groups in total.